The molecule has 90 valence electrons. The molecule has 0 aromatic carbocycles. The Morgan fingerprint density at radius 3 is 2.75 bits per heavy atom. The molecule has 0 radical (unpaired) electrons. The van der Waals surface area contributed by atoms with E-state index in [1.54, 1.807) is 11.3 Å². The van der Waals surface area contributed by atoms with Gasteiger partial charge in [0.05, 0.1) is 6.54 Å². The third kappa shape index (κ3) is 4.33. The summed E-state index contributed by atoms with van der Waals surface area (Å²) in [6.45, 7) is 6.92. The SMILES string of the molecule is CCN(CC)C(=O)CNCCc1cccs1. The Labute approximate surface area is 101 Å². The highest BCUT2D eigenvalue weighted by atomic mass is 32.1. The molecule has 0 aliphatic carbocycles. The fourth-order valence-corrected chi connectivity index (χ4v) is 2.26. The van der Waals surface area contributed by atoms with E-state index in [4.69, 9.17) is 0 Å². The van der Waals surface area contributed by atoms with Gasteiger partial charge in [0.2, 0.25) is 5.91 Å². The summed E-state index contributed by atoms with van der Waals surface area (Å²) in [6, 6.07) is 4.18. The Balaban J connectivity index is 2.13. The summed E-state index contributed by atoms with van der Waals surface area (Å²) in [5.74, 6) is 0.191. The highest BCUT2D eigenvalue weighted by molar-refractivity contribution is 7.09. The molecule has 0 fully saturated rings. The molecule has 16 heavy (non-hydrogen) atoms. The van der Waals surface area contributed by atoms with E-state index in [0.29, 0.717) is 6.54 Å². The summed E-state index contributed by atoms with van der Waals surface area (Å²) >= 11 is 1.76. The van der Waals surface area contributed by atoms with E-state index in [-0.39, 0.29) is 5.91 Å². The Bertz CT molecular complexity index is 294. The van der Waals surface area contributed by atoms with Gasteiger partial charge in [-0.25, -0.2) is 0 Å². The van der Waals surface area contributed by atoms with E-state index >= 15 is 0 Å². The van der Waals surface area contributed by atoms with E-state index < -0.39 is 0 Å². The summed E-state index contributed by atoms with van der Waals surface area (Å²) < 4.78 is 0. The zero-order valence-electron chi connectivity index (χ0n) is 10.0. The lowest BCUT2D eigenvalue weighted by Crippen LogP contribution is -2.38. The lowest BCUT2D eigenvalue weighted by Gasteiger charge is -2.18. The third-order valence-electron chi connectivity index (χ3n) is 2.52. The van der Waals surface area contributed by atoms with Crippen LogP contribution in [0.5, 0.6) is 0 Å². The van der Waals surface area contributed by atoms with Crippen molar-refractivity contribution < 1.29 is 4.79 Å². The van der Waals surface area contributed by atoms with Gasteiger partial charge in [0, 0.05) is 24.5 Å². The molecule has 1 amide bonds. The number of hydrogen-bond donors (Lipinski definition) is 1. The molecule has 4 heteroatoms. The lowest BCUT2D eigenvalue weighted by atomic mass is 10.3. The molecule has 0 saturated carbocycles. The van der Waals surface area contributed by atoms with Crippen LogP contribution in [0.25, 0.3) is 0 Å². The molecule has 0 atom stereocenters. The van der Waals surface area contributed by atoms with Crippen molar-refractivity contribution in [2.24, 2.45) is 0 Å². The molecule has 0 aliphatic rings. The van der Waals surface area contributed by atoms with Gasteiger partial charge in [-0.05, 0) is 31.7 Å². The van der Waals surface area contributed by atoms with Crippen molar-refractivity contribution in [2.45, 2.75) is 20.3 Å². The molecule has 3 nitrogen and oxygen atoms in total. The molecular formula is C12H20N2OS. The van der Waals surface area contributed by atoms with Crippen LogP contribution >= 0.6 is 11.3 Å². The van der Waals surface area contributed by atoms with Gasteiger partial charge < -0.3 is 10.2 Å². The normalized spacial score (nSPS) is 10.4. The first-order chi connectivity index (χ1) is 7.77. The first-order valence-corrected chi connectivity index (χ1v) is 6.66. The Kier molecular flexibility index (Phi) is 6.11. The third-order valence-corrected chi connectivity index (χ3v) is 3.46. The zero-order valence-corrected chi connectivity index (χ0v) is 10.8. The number of amides is 1. The number of carbonyl (C=O) groups is 1. The van der Waals surface area contributed by atoms with Crippen LogP contribution in [0.4, 0.5) is 0 Å². The van der Waals surface area contributed by atoms with Gasteiger partial charge in [-0.15, -0.1) is 11.3 Å². The predicted molar refractivity (Wildman–Crippen MR) is 68.8 cm³/mol. The van der Waals surface area contributed by atoms with Crippen LogP contribution in [-0.2, 0) is 11.2 Å². The second-order valence-electron chi connectivity index (χ2n) is 3.57. The van der Waals surface area contributed by atoms with Crippen LogP contribution in [0.1, 0.15) is 18.7 Å². The summed E-state index contributed by atoms with van der Waals surface area (Å²) in [7, 11) is 0. The summed E-state index contributed by atoms with van der Waals surface area (Å²) in [5.41, 5.74) is 0. The molecule has 1 aromatic heterocycles. The minimum atomic E-state index is 0.191. The topological polar surface area (TPSA) is 32.3 Å². The molecule has 1 heterocycles. The van der Waals surface area contributed by atoms with Crippen molar-refractivity contribution in [3.63, 3.8) is 0 Å². The van der Waals surface area contributed by atoms with Gasteiger partial charge in [0.15, 0.2) is 0 Å². The van der Waals surface area contributed by atoms with Crippen molar-refractivity contribution in [1.82, 2.24) is 10.2 Å². The van der Waals surface area contributed by atoms with Gasteiger partial charge >= 0.3 is 0 Å². The largest absolute Gasteiger partial charge is 0.342 e. The molecule has 1 aromatic rings. The number of carbonyl (C=O) groups excluding carboxylic acids is 1. The van der Waals surface area contributed by atoms with Gasteiger partial charge in [0.1, 0.15) is 0 Å². The van der Waals surface area contributed by atoms with E-state index in [2.05, 4.69) is 22.8 Å². The van der Waals surface area contributed by atoms with Crippen LogP contribution in [0.2, 0.25) is 0 Å². The first-order valence-electron chi connectivity index (χ1n) is 5.78. The number of nitrogens with one attached hydrogen (secondary N) is 1. The summed E-state index contributed by atoms with van der Waals surface area (Å²) in [4.78, 5) is 14.8. The minimum absolute atomic E-state index is 0.191. The van der Waals surface area contributed by atoms with Crippen LogP contribution in [-0.4, -0.2) is 37.0 Å². The average Bonchev–Trinajstić information content (AvgIpc) is 2.79. The second-order valence-corrected chi connectivity index (χ2v) is 4.60. The van der Waals surface area contributed by atoms with Gasteiger partial charge in [-0.3, -0.25) is 4.79 Å². The Morgan fingerprint density at radius 1 is 1.44 bits per heavy atom. The molecule has 0 bridgehead atoms. The number of hydrogen-bond acceptors (Lipinski definition) is 3. The van der Waals surface area contributed by atoms with Crippen LogP contribution < -0.4 is 5.32 Å². The molecule has 0 aliphatic heterocycles. The number of likely N-dealkylation sites (N-methyl/N-ethyl adjacent to an activating group) is 1. The number of rotatable bonds is 7. The standard InChI is InChI=1S/C12H20N2OS/c1-3-14(4-2)12(15)10-13-8-7-11-6-5-9-16-11/h5-6,9,13H,3-4,7-8,10H2,1-2H3. The monoisotopic (exact) mass is 240 g/mol. The number of thiophene rings is 1. The van der Waals surface area contributed by atoms with E-state index in [1.807, 2.05) is 18.7 Å². The minimum Gasteiger partial charge on any atom is -0.342 e. The summed E-state index contributed by atoms with van der Waals surface area (Å²) in [6.07, 6.45) is 1.00. The molecule has 0 saturated heterocycles. The molecule has 1 rings (SSSR count). The van der Waals surface area contributed by atoms with E-state index in [9.17, 15) is 4.79 Å². The second kappa shape index (κ2) is 7.41. The number of nitrogens with zero attached hydrogens (tertiary/aromatic N) is 1. The highest BCUT2D eigenvalue weighted by Gasteiger charge is 2.07. The maximum absolute atomic E-state index is 11.6. The molecule has 0 spiro atoms. The lowest BCUT2D eigenvalue weighted by molar-refractivity contribution is -0.129. The Hall–Kier alpha value is -0.870. The van der Waals surface area contributed by atoms with Gasteiger partial charge in [-0.1, -0.05) is 6.07 Å². The Morgan fingerprint density at radius 2 is 2.19 bits per heavy atom. The van der Waals surface area contributed by atoms with E-state index in [0.717, 1.165) is 26.1 Å². The van der Waals surface area contributed by atoms with Crippen molar-refractivity contribution in [3.05, 3.63) is 22.4 Å². The average molecular weight is 240 g/mol. The quantitative estimate of drug-likeness (QED) is 0.736. The molecule has 0 unspecified atom stereocenters. The van der Waals surface area contributed by atoms with Crippen molar-refractivity contribution in [2.75, 3.05) is 26.2 Å². The van der Waals surface area contributed by atoms with Crippen molar-refractivity contribution in [1.29, 1.82) is 0 Å². The first kappa shape index (κ1) is 13.2. The van der Waals surface area contributed by atoms with Crippen molar-refractivity contribution in [3.8, 4) is 0 Å². The van der Waals surface area contributed by atoms with Gasteiger partial charge in [-0.2, -0.15) is 0 Å². The fraction of sp³-hybridized carbons (Fsp3) is 0.583. The summed E-state index contributed by atoms with van der Waals surface area (Å²) in [5, 5.41) is 5.27. The van der Waals surface area contributed by atoms with Crippen LogP contribution in [0.15, 0.2) is 17.5 Å². The maximum atomic E-state index is 11.6. The molecular weight excluding hydrogens is 220 g/mol. The highest BCUT2D eigenvalue weighted by Crippen LogP contribution is 2.07. The maximum Gasteiger partial charge on any atom is 0.236 e. The fourth-order valence-electron chi connectivity index (χ4n) is 1.55. The van der Waals surface area contributed by atoms with Crippen molar-refractivity contribution >= 4 is 17.2 Å². The predicted octanol–water partition coefficient (Wildman–Crippen LogP) is 1.75. The molecule has 1 N–H and O–H groups in total. The zero-order chi connectivity index (χ0) is 11.8. The van der Waals surface area contributed by atoms with Crippen LogP contribution in [0, 0.1) is 0 Å². The van der Waals surface area contributed by atoms with E-state index in [1.165, 1.54) is 4.88 Å². The smallest absolute Gasteiger partial charge is 0.236 e. The van der Waals surface area contributed by atoms with Gasteiger partial charge in [0.25, 0.3) is 0 Å². The van der Waals surface area contributed by atoms with Crippen LogP contribution in [0.3, 0.4) is 0 Å².